The van der Waals surface area contributed by atoms with E-state index < -0.39 is 58.8 Å². The van der Waals surface area contributed by atoms with Crippen molar-refractivity contribution in [1.29, 1.82) is 0 Å². The number of esters is 1. The molecule has 10 nitrogen and oxygen atoms in total. The first kappa shape index (κ1) is 22.5. The Hall–Kier alpha value is -4.15. The molecule has 1 aliphatic rings. The number of fused-ring (bicyclic) bond motifs is 1. The SMILES string of the molecule is CCN(Cc1cccc(F)c1)C(=O)COC(=O)CN1C(=O)c2cccc([N+](=O)[O-])c2C1=O. The summed E-state index contributed by atoms with van der Waals surface area (Å²) in [6, 6.07) is 9.31. The molecule has 0 aromatic heterocycles. The summed E-state index contributed by atoms with van der Waals surface area (Å²) in [7, 11) is 0. The highest BCUT2D eigenvalue weighted by Crippen LogP contribution is 2.30. The molecular weight excluding hydrogens is 425 g/mol. The number of nitro groups is 1. The number of imide groups is 1. The first-order valence-corrected chi connectivity index (χ1v) is 9.54. The van der Waals surface area contributed by atoms with Crippen molar-refractivity contribution in [2.75, 3.05) is 19.7 Å². The molecule has 2 aromatic rings. The molecule has 0 bridgehead atoms. The van der Waals surface area contributed by atoms with E-state index in [9.17, 15) is 33.7 Å². The largest absolute Gasteiger partial charge is 0.454 e. The second kappa shape index (κ2) is 9.33. The normalized spacial score (nSPS) is 12.5. The average molecular weight is 443 g/mol. The number of likely N-dealkylation sites (N-methyl/N-ethyl adjacent to an activating group) is 1. The Morgan fingerprint density at radius 1 is 1.16 bits per heavy atom. The highest BCUT2D eigenvalue weighted by atomic mass is 19.1. The molecule has 0 saturated heterocycles. The van der Waals surface area contributed by atoms with E-state index >= 15 is 0 Å². The van der Waals surface area contributed by atoms with Gasteiger partial charge < -0.3 is 9.64 Å². The molecule has 0 radical (unpaired) electrons. The molecule has 166 valence electrons. The third kappa shape index (κ3) is 4.61. The fourth-order valence-corrected chi connectivity index (χ4v) is 3.25. The van der Waals surface area contributed by atoms with Crippen LogP contribution in [0.2, 0.25) is 0 Å². The molecule has 2 aromatic carbocycles. The van der Waals surface area contributed by atoms with Crippen molar-refractivity contribution < 1.29 is 33.2 Å². The van der Waals surface area contributed by atoms with Gasteiger partial charge in [-0.05, 0) is 30.7 Å². The zero-order valence-corrected chi connectivity index (χ0v) is 16.9. The molecule has 0 spiro atoms. The van der Waals surface area contributed by atoms with Crippen molar-refractivity contribution >= 4 is 29.4 Å². The first-order valence-electron chi connectivity index (χ1n) is 9.54. The van der Waals surface area contributed by atoms with Crippen LogP contribution in [0.5, 0.6) is 0 Å². The lowest BCUT2D eigenvalue weighted by atomic mass is 10.1. The molecule has 1 heterocycles. The number of hydrogen-bond acceptors (Lipinski definition) is 7. The molecule has 32 heavy (non-hydrogen) atoms. The minimum atomic E-state index is -1.03. The number of halogens is 1. The monoisotopic (exact) mass is 443 g/mol. The van der Waals surface area contributed by atoms with Gasteiger partial charge in [0.25, 0.3) is 23.4 Å². The maximum Gasteiger partial charge on any atom is 0.326 e. The fourth-order valence-electron chi connectivity index (χ4n) is 3.25. The Morgan fingerprint density at radius 2 is 1.88 bits per heavy atom. The fraction of sp³-hybridized carbons (Fsp3) is 0.238. The Kier molecular flexibility index (Phi) is 6.57. The molecule has 0 saturated carbocycles. The summed E-state index contributed by atoms with van der Waals surface area (Å²) < 4.78 is 18.2. The average Bonchev–Trinajstić information content (AvgIpc) is 3.00. The van der Waals surface area contributed by atoms with E-state index in [1.54, 1.807) is 13.0 Å². The van der Waals surface area contributed by atoms with Crippen LogP contribution in [0.25, 0.3) is 0 Å². The molecule has 3 rings (SSSR count). The zero-order chi connectivity index (χ0) is 23.4. The van der Waals surface area contributed by atoms with Crippen molar-refractivity contribution in [3.8, 4) is 0 Å². The van der Waals surface area contributed by atoms with Gasteiger partial charge in [-0.1, -0.05) is 18.2 Å². The van der Waals surface area contributed by atoms with Gasteiger partial charge in [0.2, 0.25) is 0 Å². The number of rotatable bonds is 8. The quantitative estimate of drug-likeness (QED) is 0.264. The van der Waals surface area contributed by atoms with Crippen LogP contribution in [-0.2, 0) is 20.9 Å². The van der Waals surface area contributed by atoms with Crippen LogP contribution in [0.3, 0.4) is 0 Å². The van der Waals surface area contributed by atoms with E-state index in [1.807, 2.05) is 0 Å². The van der Waals surface area contributed by atoms with Crippen molar-refractivity contribution in [1.82, 2.24) is 9.80 Å². The minimum absolute atomic E-state index is 0.104. The van der Waals surface area contributed by atoms with E-state index in [4.69, 9.17) is 4.74 Å². The van der Waals surface area contributed by atoms with Gasteiger partial charge in [-0.3, -0.25) is 34.2 Å². The van der Waals surface area contributed by atoms with Gasteiger partial charge in [-0.15, -0.1) is 0 Å². The second-order valence-corrected chi connectivity index (χ2v) is 6.85. The van der Waals surface area contributed by atoms with E-state index in [2.05, 4.69) is 0 Å². The third-order valence-electron chi connectivity index (χ3n) is 4.81. The number of benzene rings is 2. The lowest BCUT2D eigenvalue weighted by Gasteiger charge is -2.21. The minimum Gasteiger partial charge on any atom is -0.454 e. The summed E-state index contributed by atoms with van der Waals surface area (Å²) in [5.74, 6) is -3.88. The second-order valence-electron chi connectivity index (χ2n) is 6.85. The molecular formula is C21H18FN3O7. The molecule has 3 amide bonds. The number of hydrogen-bond donors (Lipinski definition) is 0. The van der Waals surface area contributed by atoms with Crippen LogP contribution in [0, 0.1) is 15.9 Å². The summed E-state index contributed by atoms with van der Waals surface area (Å²) in [6.07, 6.45) is 0. The number of carbonyl (C=O) groups is 4. The summed E-state index contributed by atoms with van der Waals surface area (Å²) in [5, 5.41) is 11.1. The molecule has 11 heteroatoms. The van der Waals surface area contributed by atoms with Gasteiger partial charge in [0, 0.05) is 19.2 Å². The number of amides is 3. The Bertz CT molecular complexity index is 1120. The Balaban J connectivity index is 1.60. The van der Waals surface area contributed by atoms with E-state index in [0.29, 0.717) is 10.5 Å². The van der Waals surface area contributed by atoms with E-state index in [0.717, 1.165) is 6.07 Å². The van der Waals surface area contributed by atoms with Gasteiger partial charge in [-0.2, -0.15) is 0 Å². The molecule has 0 atom stereocenters. The highest BCUT2D eigenvalue weighted by Gasteiger charge is 2.42. The predicted octanol–water partition coefficient (Wildman–Crippen LogP) is 1.92. The van der Waals surface area contributed by atoms with Crippen LogP contribution in [0.1, 0.15) is 33.2 Å². The Morgan fingerprint density at radius 3 is 2.53 bits per heavy atom. The van der Waals surface area contributed by atoms with E-state index in [-0.39, 0.29) is 18.7 Å². The Labute approximate surface area is 181 Å². The van der Waals surface area contributed by atoms with Crippen molar-refractivity contribution in [2.24, 2.45) is 0 Å². The topological polar surface area (TPSA) is 127 Å². The third-order valence-corrected chi connectivity index (χ3v) is 4.81. The highest BCUT2D eigenvalue weighted by molar-refractivity contribution is 6.24. The molecule has 0 fully saturated rings. The number of nitro benzene ring substituents is 1. The molecule has 0 unspecified atom stereocenters. The lowest BCUT2D eigenvalue weighted by Crippen LogP contribution is -2.38. The maximum atomic E-state index is 13.3. The summed E-state index contributed by atoms with van der Waals surface area (Å²) in [6.45, 7) is 0.629. The molecule has 0 N–H and O–H groups in total. The van der Waals surface area contributed by atoms with Gasteiger partial charge >= 0.3 is 5.97 Å². The van der Waals surface area contributed by atoms with Crippen molar-refractivity contribution in [3.05, 3.63) is 75.1 Å². The number of ether oxygens (including phenoxy) is 1. The zero-order valence-electron chi connectivity index (χ0n) is 16.9. The van der Waals surface area contributed by atoms with Gasteiger partial charge in [-0.25, -0.2) is 4.39 Å². The summed E-state index contributed by atoms with van der Waals surface area (Å²) in [5.41, 5.74) is -0.555. The van der Waals surface area contributed by atoms with Crippen LogP contribution < -0.4 is 0 Å². The van der Waals surface area contributed by atoms with Crippen LogP contribution in [0.15, 0.2) is 42.5 Å². The van der Waals surface area contributed by atoms with Gasteiger partial charge in [0.15, 0.2) is 6.61 Å². The van der Waals surface area contributed by atoms with Crippen molar-refractivity contribution in [2.45, 2.75) is 13.5 Å². The summed E-state index contributed by atoms with van der Waals surface area (Å²) in [4.78, 5) is 61.6. The van der Waals surface area contributed by atoms with Crippen LogP contribution in [-0.4, -0.2) is 58.1 Å². The number of nitrogens with zero attached hydrogens (tertiary/aromatic N) is 3. The molecule has 1 aliphatic heterocycles. The van der Waals surface area contributed by atoms with Crippen LogP contribution in [0.4, 0.5) is 10.1 Å². The van der Waals surface area contributed by atoms with E-state index in [1.165, 1.54) is 35.2 Å². The van der Waals surface area contributed by atoms with Gasteiger partial charge in [0.05, 0.1) is 10.5 Å². The smallest absolute Gasteiger partial charge is 0.326 e. The maximum absolute atomic E-state index is 13.3. The van der Waals surface area contributed by atoms with Gasteiger partial charge in [0.1, 0.15) is 17.9 Å². The lowest BCUT2D eigenvalue weighted by molar-refractivity contribution is -0.385. The van der Waals surface area contributed by atoms with Crippen LogP contribution >= 0.6 is 0 Å². The molecule has 0 aliphatic carbocycles. The van der Waals surface area contributed by atoms with Crippen molar-refractivity contribution in [3.63, 3.8) is 0 Å². The first-order chi connectivity index (χ1) is 15.2. The number of carbonyl (C=O) groups excluding carboxylic acids is 4. The summed E-state index contributed by atoms with van der Waals surface area (Å²) >= 11 is 0. The standard InChI is InChI=1S/C21H18FN3O7/c1-2-23(10-13-5-3-6-14(22)9-13)17(26)12-32-18(27)11-24-20(28)15-7-4-8-16(25(30)31)19(15)21(24)29/h3-9H,2,10-12H2,1H3. The predicted molar refractivity (Wildman–Crippen MR) is 107 cm³/mol.